The predicted octanol–water partition coefficient (Wildman–Crippen LogP) is 5.45. The Hall–Kier alpha value is -3.66. The first-order chi connectivity index (χ1) is 15.6. The van der Waals surface area contributed by atoms with Crippen LogP contribution >= 0.6 is 0 Å². The molecule has 0 aromatic heterocycles. The van der Waals surface area contributed by atoms with Crippen LogP contribution < -0.4 is 4.90 Å². The van der Waals surface area contributed by atoms with Crippen LogP contribution in [-0.2, 0) is 22.6 Å². The van der Waals surface area contributed by atoms with Crippen molar-refractivity contribution in [3.05, 3.63) is 107 Å². The fourth-order valence-electron chi connectivity index (χ4n) is 4.10. The number of amides is 2. The van der Waals surface area contributed by atoms with Gasteiger partial charge in [0.25, 0.3) is 11.8 Å². The van der Waals surface area contributed by atoms with Crippen molar-refractivity contribution < 1.29 is 9.59 Å². The third kappa shape index (κ3) is 4.35. The maximum atomic E-state index is 13.6. The highest BCUT2D eigenvalue weighted by molar-refractivity contribution is 6.45. The van der Waals surface area contributed by atoms with Gasteiger partial charge in [-0.05, 0) is 41.7 Å². The molecule has 1 aliphatic rings. The molecule has 2 amide bonds. The minimum Gasteiger partial charge on any atom is -0.365 e. The molecule has 162 valence electrons. The Morgan fingerprint density at radius 2 is 1.38 bits per heavy atom. The van der Waals surface area contributed by atoms with Gasteiger partial charge in [0.2, 0.25) is 0 Å². The van der Waals surface area contributed by atoms with E-state index in [0.29, 0.717) is 23.5 Å². The van der Waals surface area contributed by atoms with E-state index in [4.69, 9.17) is 0 Å². The molecule has 0 unspecified atom stereocenters. The van der Waals surface area contributed by atoms with Crippen molar-refractivity contribution in [1.82, 2.24) is 4.90 Å². The van der Waals surface area contributed by atoms with Gasteiger partial charge in [-0.2, -0.15) is 0 Å². The normalized spacial score (nSPS) is 13.8. The van der Waals surface area contributed by atoms with Crippen molar-refractivity contribution in [2.75, 3.05) is 11.9 Å². The molecule has 0 radical (unpaired) electrons. The molecule has 3 aromatic rings. The largest absolute Gasteiger partial charge is 0.365 e. The fraction of sp³-hybridized carbons (Fsp3) is 0.214. The summed E-state index contributed by atoms with van der Waals surface area (Å²) >= 11 is 0. The van der Waals surface area contributed by atoms with Gasteiger partial charge in [0.15, 0.2) is 0 Å². The summed E-state index contributed by atoms with van der Waals surface area (Å²) in [5.74, 6) is -0.564. The summed E-state index contributed by atoms with van der Waals surface area (Å²) in [4.78, 5) is 30.3. The number of benzene rings is 3. The topological polar surface area (TPSA) is 40.6 Å². The summed E-state index contributed by atoms with van der Waals surface area (Å²) in [7, 11) is 1.87. The lowest BCUT2D eigenvalue weighted by Gasteiger charge is -2.21. The zero-order chi connectivity index (χ0) is 22.5. The van der Waals surface area contributed by atoms with Crippen LogP contribution in [0.1, 0.15) is 36.5 Å². The average Bonchev–Trinajstić information content (AvgIpc) is 3.09. The Kier molecular flexibility index (Phi) is 6.50. The first-order valence-electron chi connectivity index (χ1n) is 11.1. The van der Waals surface area contributed by atoms with Crippen molar-refractivity contribution in [1.29, 1.82) is 0 Å². The maximum absolute atomic E-state index is 13.6. The molecule has 0 aliphatic carbocycles. The van der Waals surface area contributed by atoms with E-state index in [1.807, 2.05) is 96.9 Å². The van der Waals surface area contributed by atoms with E-state index < -0.39 is 0 Å². The molecule has 0 bridgehead atoms. The molecule has 4 nitrogen and oxygen atoms in total. The number of carbonyl (C=O) groups excluding carboxylic acids is 2. The van der Waals surface area contributed by atoms with Gasteiger partial charge in [0.05, 0.1) is 11.3 Å². The van der Waals surface area contributed by atoms with E-state index in [9.17, 15) is 9.59 Å². The van der Waals surface area contributed by atoms with Gasteiger partial charge in [0, 0.05) is 13.6 Å². The van der Waals surface area contributed by atoms with Crippen molar-refractivity contribution in [2.45, 2.75) is 32.7 Å². The summed E-state index contributed by atoms with van der Waals surface area (Å²) in [5.41, 5.74) is 4.53. The van der Waals surface area contributed by atoms with Crippen molar-refractivity contribution in [3.8, 4) is 0 Å². The molecule has 1 heterocycles. The SMILES string of the molecule is CCCCc1ccc(N2C(=O)C(c3ccccc3)=C(N(C)Cc3ccccc3)C2=O)cc1. The van der Waals surface area contributed by atoms with Crippen LogP contribution in [-0.4, -0.2) is 23.8 Å². The minimum absolute atomic E-state index is 0.280. The van der Waals surface area contributed by atoms with Gasteiger partial charge in [0.1, 0.15) is 5.70 Å². The highest BCUT2D eigenvalue weighted by Gasteiger charge is 2.41. The number of nitrogens with zero attached hydrogens (tertiary/aromatic N) is 2. The number of carbonyl (C=O) groups is 2. The Bertz CT molecular complexity index is 1120. The van der Waals surface area contributed by atoms with Crippen molar-refractivity contribution in [2.24, 2.45) is 0 Å². The smallest absolute Gasteiger partial charge is 0.282 e. The lowest BCUT2D eigenvalue weighted by Crippen LogP contribution is -2.34. The number of hydrogen-bond acceptors (Lipinski definition) is 3. The standard InChI is InChI=1S/C28H28N2O2/c1-3-4-11-21-16-18-24(19-17-21)30-27(31)25(23-14-9-6-10-15-23)26(28(30)32)29(2)20-22-12-7-5-8-13-22/h5-10,12-19H,3-4,11,20H2,1-2H3. The quantitative estimate of drug-likeness (QED) is 0.452. The molecule has 0 fully saturated rings. The van der Waals surface area contributed by atoms with Crippen molar-refractivity contribution >= 4 is 23.1 Å². The summed E-state index contributed by atoms with van der Waals surface area (Å²) < 4.78 is 0. The van der Waals surface area contributed by atoms with Crippen LogP contribution in [0.15, 0.2) is 90.6 Å². The Morgan fingerprint density at radius 3 is 2.00 bits per heavy atom. The third-order valence-electron chi connectivity index (χ3n) is 5.78. The van der Waals surface area contributed by atoms with Crippen LogP contribution in [0.3, 0.4) is 0 Å². The molecule has 0 N–H and O–H groups in total. The number of hydrogen-bond donors (Lipinski definition) is 0. The van der Waals surface area contributed by atoms with Crippen LogP contribution in [0.5, 0.6) is 0 Å². The Balaban J connectivity index is 1.70. The second kappa shape index (κ2) is 9.65. The monoisotopic (exact) mass is 424 g/mol. The first kappa shape index (κ1) is 21.6. The van der Waals surface area contributed by atoms with Crippen LogP contribution in [0.4, 0.5) is 5.69 Å². The van der Waals surface area contributed by atoms with E-state index in [2.05, 4.69) is 6.92 Å². The third-order valence-corrected chi connectivity index (χ3v) is 5.78. The molecule has 4 rings (SSSR count). The van der Waals surface area contributed by atoms with Gasteiger partial charge in [-0.25, -0.2) is 4.90 Å². The highest BCUT2D eigenvalue weighted by atomic mass is 16.2. The fourth-order valence-corrected chi connectivity index (χ4v) is 4.10. The Morgan fingerprint density at radius 1 is 0.750 bits per heavy atom. The van der Waals surface area contributed by atoms with Gasteiger partial charge in [-0.3, -0.25) is 9.59 Å². The summed E-state index contributed by atoms with van der Waals surface area (Å²) in [6.45, 7) is 2.70. The highest BCUT2D eigenvalue weighted by Crippen LogP contribution is 2.35. The molecule has 0 saturated heterocycles. The van der Waals surface area contributed by atoms with Crippen LogP contribution in [0.2, 0.25) is 0 Å². The number of aryl methyl sites for hydroxylation is 1. The average molecular weight is 425 g/mol. The lowest BCUT2D eigenvalue weighted by molar-refractivity contribution is -0.120. The van der Waals surface area contributed by atoms with E-state index in [1.165, 1.54) is 10.5 Å². The molecule has 3 aromatic carbocycles. The lowest BCUT2D eigenvalue weighted by atomic mass is 10.0. The van der Waals surface area contributed by atoms with Gasteiger partial charge >= 0.3 is 0 Å². The number of likely N-dealkylation sites (N-methyl/N-ethyl adjacent to an activating group) is 1. The van der Waals surface area contributed by atoms with E-state index >= 15 is 0 Å². The minimum atomic E-state index is -0.284. The molecular formula is C28H28N2O2. The van der Waals surface area contributed by atoms with E-state index in [-0.39, 0.29) is 11.8 Å². The maximum Gasteiger partial charge on any atom is 0.282 e. The summed E-state index contributed by atoms with van der Waals surface area (Å²) in [5, 5.41) is 0. The first-order valence-corrected chi connectivity index (χ1v) is 11.1. The van der Waals surface area contributed by atoms with E-state index in [0.717, 1.165) is 30.4 Å². The number of anilines is 1. The molecule has 0 atom stereocenters. The molecular weight excluding hydrogens is 396 g/mol. The predicted molar refractivity (Wildman–Crippen MR) is 129 cm³/mol. The molecule has 32 heavy (non-hydrogen) atoms. The summed E-state index contributed by atoms with van der Waals surface area (Å²) in [6, 6.07) is 27.2. The van der Waals surface area contributed by atoms with Crippen molar-refractivity contribution in [3.63, 3.8) is 0 Å². The van der Waals surface area contributed by atoms with Gasteiger partial charge in [-0.1, -0.05) is 86.1 Å². The molecule has 0 saturated carbocycles. The van der Waals surface area contributed by atoms with E-state index in [1.54, 1.807) is 0 Å². The Labute approximate surface area is 189 Å². The second-order valence-electron chi connectivity index (χ2n) is 8.15. The molecule has 4 heteroatoms. The zero-order valence-electron chi connectivity index (χ0n) is 18.6. The van der Waals surface area contributed by atoms with Crippen LogP contribution in [0, 0.1) is 0 Å². The van der Waals surface area contributed by atoms with Gasteiger partial charge < -0.3 is 4.90 Å². The molecule has 0 spiro atoms. The summed E-state index contributed by atoms with van der Waals surface area (Å²) in [6.07, 6.45) is 3.25. The number of unbranched alkanes of at least 4 members (excludes halogenated alkanes) is 1. The zero-order valence-corrected chi connectivity index (χ0v) is 18.6. The number of rotatable bonds is 8. The molecule has 1 aliphatic heterocycles. The van der Waals surface area contributed by atoms with Gasteiger partial charge in [-0.15, -0.1) is 0 Å². The van der Waals surface area contributed by atoms with Crippen LogP contribution in [0.25, 0.3) is 5.57 Å². The number of imide groups is 1. The second-order valence-corrected chi connectivity index (χ2v) is 8.15.